The SMILES string of the molecule is CNCCCC(=O)NCc1ccc2[nH]c(=O)oc2c1. The summed E-state index contributed by atoms with van der Waals surface area (Å²) in [6.07, 6.45) is 1.32. The van der Waals surface area contributed by atoms with Gasteiger partial charge in [0.2, 0.25) is 5.91 Å². The lowest BCUT2D eigenvalue weighted by atomic mass is 10.2. The van der Waals surface area contributed by atoms with E-state index in [1.54, 1.807) is 12.1 Å². The predicted molar refractivity (Wildman–Crippen MR) is 71.8 cm³/mol. The first-order valence-corrected chi connectivity index (χ1v) is 6.22. The van der Waals surface area contributed by atoms with Crippen LogP contribution in [0.5, 0.6) is 0 Å². The van der Waals surface area contributed by atoms with Crippen LogP contribution in [-0.2, 0) is 11.3 Å². The van der Waals surface area contributed by atoms with Crippen molar-refractivity contribution in [2.75, 3.05) is 13.6 Å². The van der Waals surface area contributed by atoms with Crippen molar-refractivity contribution in [3.05, 3.63) is 34.3 Å². The topological polar surface area (TPSA) is 87.1 Å². The zero-order valence-electron chi connectivity index (χ0n) is 10.8. The summed E-state index contributed by atoms with van der Waals surface area (Å²) in [6, 6.07) is 5.37. The van der Waals surface area contributed by atoms with Crippen molar-refractivity contribution in [2.45, 2.75) is 19.4 Å². The Hall–Kier alpha value is -2.08. The normalized spacial score (nSPS) is 10.8. The van der Waals surface area contributed by atoms with Crippen molar-refractivity contribution in [3.63, 3.8) is 0 Å². The van der Waals surface area contributed by atoms with Crippen molar-refractivity contribution >= 4 is 17.0 Å². The van der Waals surface area contributed by atoms with Crippen LogP contribution in [0.3, 0.4) is 0 Å². The highest BCUT2D eigenvalue weighted by molar-refractivity contribution is 5.76. The third-order valence-corrected chi connectivity index (χ3v) is 2.81. The minimum atomic E-state index is -0.469. The third-order valence-electron chi connectivity index (χ3n) is 2.81. The highest BCUT2D eigenvalue weighted by Crippen LogP contribution is 2.12. The Morgan fingerprint density at radius 2 is 2.26 bits per heavy atom. The van der Waals surface area contributed by atoms with Crippen LogP contribution in [0.1, 0.15) is 18.4 Å². The van der Waals surface area contributed by atoms with Crippen LogP contribution in [-0.4, -0.2) is 24.5 Å². The molecule has 102 valence electrons. The van der Waals surface area contributed by atoms with Crippen LogP contribution in [0.2, 0.25) is 0 Å². The zero-order valence-corrected chi connectivity index (χ0v) is 10.8. The molecule has 0 radical (unpaired) electrons. The quantitative estimate of drug-likeness (QED) is 0.671. The summed E-state index contributed by atoms with van der Waals surface area (Å²) in [4.78, 5) is 25.1. The largest absolute Gasteiger partial charge is 0.417 e. The summed E-state index contributed by atoms with van der Waals surface area (Å²) in [6.45, 7) is 1.26. The summed E-state index contributed by atoms with van der Waals surface area (Å²) >= 11 is 0. The van der Waals surface area contributed by atoms with Gasteiger partial charge in [0.05, 0.1) is 5.52 Å². The monoisotopic (exact) mass is 263 g/mol. The van der Waals surface area contributed by atoms with Gasteiger partial charge in [0.15, 0.2) is 5.58 Å². The maximum Gasteiger partial charge on any atom is 0.417 e. The highest BCUT2D eigenvalue weighted by atomic mass is 16.4. The maximum atomic E-state index is 11.5. The lowest BCUT2D eigenvalue weighted by Crippen LogP contribution is -2.23. The molecule has 19 heavy (non-hydrogen) atoms. The minimum absolute atomic E-state index is 0.0193. The first-order chi connectivity index (χ1) is 9.19. The number of hydrogen-bond acceptors (Lipinski definition) is 4. The molecule has 2 rings (SSSR count). The van der Waals surface area contributed by atoms with Crippen LogP contribution < -0.4 is 16.4 Å². The van der Waals surface area contributed by atoms with Crippen LogP contribution in [0, 0.1) is 0 Å². The number of aromatic amines is 1. The van der Waals surface area contributed by atoms with Gasteiger partial charge in [-0.25, -0.2) is 4.79 Å². The van der Waals surface area contributed by atoms with Gasteiger partial charge in [-0.3, -0.25) is 9.78 Å². The number of aromatic nitrogens is 1. The molecule has 0 unspecified atom stereocenters. The number of H-pyrrole nitrogens is 1. The summed E-state index contributed by atoms with van der Waals surface area (Å²) in [5.74, 6) is -0.450. The maximum absolute atomic E-state index is 11.5. The van der Waals surface area contributed by atoms with E-state index in [-0.39, 0.29) is 5.91 Å². The number of hydrogen-bond donors (Lipinski definition) is 3. The molecule has 1 amide bonds. The molecule has 0 aliphatic rings. The molecule has 0 saturated carbocycles. The number of amides is 1. The fourth-order valence-corrected chi connectivity index (χ4v) is 1.81. The Morgan fingerprint density at radius 3 is 3.05 bits per heavy atom. The number of carbonyl (C=O) groups is 1. The van der Waals surface area contributed by atoms with Crippen molar-refractivity contribution in [3.8, 4) is 0 Å². The van der Waals surface area contributed by atoms with Crippen molar-refractivity contribution in [1.82, 2.24) is 15.6 Å². The van der Waals surface area contributed by atoms with Gasteiger partial charge in [-0.1, -0.05) is 6.07 Å². The second-order valence-electron chi connectivity index (χ2n) is 4.33. The lowest BCUT2D eigenvalue weighted by molar-refractivity contribution is -0.121. The molecule has 1 heterocycles. The number of nitrogens with one attached hydrogen (secondary N) is 3. The van der Waals surface area contributed by atoms with Gasteiger partial charge in [0, 0.05) is 13.0 Å². The molecular weight excluding hydrogens is 246 g/mol. The van der Waals surface area contributed by atoms with Crippen molar-refractivity contribution in [1.29, 1.82) is 0 Å². The first kappa shape index (κ1) is 13.4. The van der Waals surface area contributed by atoms with Gasteiger partial charge in [-0.05, 0) is 37.7 Å². The molecule has 0 aliphatic carbocycles. The van der Waals surface area contributed by atoms with Gasteiger partial charge >= 0.3 is 5.76 Å². The smallest absolute Gasteiger partial charge is 0.408 e. The van der Waals surface area contributed by atoms with Gasteiger partial charge in [0.1, 0.15) is 0 Å². The Bertz CT molecular complexity index is 615. The molecule has 0 aliphatic heterocycles. The fourth-order valence-electron chi connectivity index (χ4n) is 1.81. The zero-order chi connectivity index (χ0) is 13.7. The molecule has 1 aromatic carbocycles. The van der Waals surface area contributed by atoms with Gasteiger partial charge < -0.3 is 15.1 Å². The summed E-state index contributed by atoms with van der Waals surface area (Å²) in [5, 5.41) is 5.83. The molecule has 6 heteroatoms. The van der Waals surface area contributed by atoms with Gasteiger partial charge in [-0.15, -0.1) is 0 Å². The van der Waals surface area contributed by atoms with E-state index in [1.165, 1.54) is 0 Å². The lowest BCUT2D eigenvalue weighted by Gasteiger charge is -2.05. The molecule has 0 atom stereocenters. The minimum Gasteiger partial charge on any atom is -0.408 e. The third kappa shape index (κ3) is 3.69. The number of oxazole rings is 1. The molecule has 6 nitrogen and oxygen atoms in total. The van der Waals surface area contributed by atoms with Crippen molar-refractivity contribution in [2.24, 2.45) is 0 Å². The molecule has 1 aromatic heterocycles. The van der Waals surface area contributed by atoms with E-state index in [0.717, 1.165) is 18.5 Å². The van der Waals surface area contributed by atoms with E-state index < -0.39 is 5.76 Å². The van der Waals surface area contributed by atoms with Crippen LogP contribution in [0.4, 0.5) is 0 Å². The molecule has 0 fully saturated rings. The molecule has 0 bridgehead atoms. The molecule has 3 N–H and O–H groups in total. The molecule has 0 saturated heterocycles. The Kier molecular flexibility index (Phi) is 4.35. The Morgan fingerprint density at radius 1 is 1.42 bits per heavy atom. The van der Waals surface area contributed by atoms with E-state index in [2.05, 4.69) is 15.6 Å². The summed E-state index contributed by atoms with van der Waals surface area (Å²) in [7, 11) is 1.86. The van der Waals surface area contributed by atoms with Gasteiger partial charge in [-0.2, -0.15) is 0 Å². The Balaban J connectivity index is 1.90. The molecule has 2 aromatic rings. The fraction of sp³-hybridized carbons (Fsp3) is 0.385. The van der Waals surface area contributed by atoms with E-state index in [9.17, 15) is 9.59 Å². The first-order valence-electron chi connectivity index (χ1n) is 6.22. The van der Waals surface area contributed by atoms with Crippen molar-refractivity contribution < 1.29 is 9.21 Å². The van der Waals surface area contributed by atoms with Crippen LogP contribution >= 0.6 is 0 Å². The second-order valence-corrected chi connectivity index (χ2v) is 4.33. The summed E-state index contributed by atoms with van der Waals surface area (Å²) < 4.78 is 4.96. The predicted octanol–water partition coefficient (Wildman–Crippen LogP) is 0.737. The van der Waals surface area contributed by atoms with Gasteiger partial charge in [0.25, 0.3) is 0 Å². The molecular formula is C13H17N3O3. The second kappa shape index (κ2) is 6.19. The number of fused-ring (bicyclic) bond motifs is 1. The van der Waals surface area contributed by atoms with Crippen LogP contribution in [0.15, 0.2) is 27.4 Å². The summed E-state index contributed by atoms with van der Waals surface area (Å²) in [5.41, 5.74) is 2.07. The average molecular weight is 263 g/mol. The van der Waals surface area contributed by atoms with E-state index in [0.29, 0.717) is 24.1 Å². The van der Waals surface area contributed by atoms with E-state index in [1.807, 2.05) is 13.1 Å². The van der Waals surface area contributed by atoms with E-state index >= 15 is 0 Å². The highest BCUT2D eigenvalue weighted by Gasteiger charge is 2.04. The standard InChI is InChI=1S/C13H17N3O3/c1-14-6-2-3-12(17)15-8-9-4-5-10-11(7-9)19-13(18)16-10/h4-5,7,14H,2-3,6,8H2,1H3,(H,15,17)(H,16,18). The number of carbonyl (C=O) groups excluding carboxylic acids is 1. The average Bonchev–Trinajstić information content (AvgIpc) is 2.76. The molecule has 0 spiro atoms. The Labute approximate surface area is 110 Å². The van der Waals surface area contributed by atoms with E-state index in [4.69, 9.17) is 4.42 Å². The number of rotatable bonds is 6. The van der Waals surface area contributed by atoms with Crippen LogP contribution in [0.25, 0.3) is 11.1 Å². The number of benzene rings is 1.